The second-order valence-corrected chi connectivity index (χ2v) is 8.54. The van der Waals surface area contributed by atoms with Gasteiger partial charge in [-0.25, -0.2) is 4.79 Å². The first-order chi connectivity index (χ1) is 15.1. The van der Waals surface area contributed by atoms with Gasteiger partial charge in [0.05, 0.1) is 0 Å². The van der Waals surface area contributed by atoms with Crippen LogP contribution in [-0.2, 0) is 22.4 Å². The molecule has 0 N–H and O–H groups in total. The molecule has 4 heteroatoms. The summed E-state index contributed by atoms with van der Waals surface area (Å²) in [6, 6.07) is 24.7. The standard InChI is InChI=1S/C27H24O2S2/c1-2-27(28)29-20(17-24-22-10-6-4-8-19(22)12-16-26(24)31)13-14-23-21-9-5-3-7-18(21)11-15-25(23)30/h2-12,15-16,20,30-31H,1,13-14,17H2. The van der Waals surface area contributed by atoms with Crippen LogP contribution in [0.2, 0.25) is 0 Å². The van der Waals surface area contributed by atoms with Gasteiger partial charge in [0.25, 0.3) is 0 Å². The zero-order valence-electron chi connectivity index (χ0n) is 17.1. The number of benzene rings is 4. The Labute approximate surface area is 193 Å². The first-order valence-corrected chi connectivity index (χ1v) is 11.2. The number of hydrogen-bond donors (Lipinski definition) is 2. The average Bonchev–Trinajstić information content (AvgIpc) is 2.79. The summed E-state index contributed by atoms with van der Waals surface area (Å²) in [7, 11) is 0. The van der Waals surface area contributed by atoms with E-state index in [1.165, 1.54) is 22.4 Å². The van der Waals surface area contributed by atoms with Crippen molar-refractivity contribution in [3.63, 3.8) is 0 Å². The molecule has 0 radical (unpaired) electrons. The molecule has 4 aromatic carbocycles. The van der Waals surface area contributed by atoms with Crippen molar-refractivity contribution in [3.05, 3.63) is 96.6 Å². The van der Waals surface area contributed by atoms with Gasteiger partial charge in [0.1, 0.15) is 6.10 Å². The molecule has 4 aromatic rings. The highest BCUT2D eigenvalue weighted by Gasteiger charge is 2.18. The largest absolute Gasteiger partial charge is 0.459 e. The number of carbonyl (C=O) groups is 1. The van der Waals surface area contributed by atoms with Crippen molar-refractivity contribution in [1.29, 1.82) is 0 Å². The monoisotopic (exact) mass is 444 g/mol. The van der Waals surface area contributed by atoms with Crippen LogP contribution in [-0.4, -0.2) is 12.1 Å². The smallest absolute Gasteiger partial charge is 0.330 e. The van der Waals surface area contributed by atoms with Crippen LogP contribution >= 0.6 is 25.3 Å². The number of fused-ring (bicyclic) bond motifs is 2. The molecule has 0 aliphatic rings. The van der Waals surface area contributed by atoms with E-state index in [9.17, 15) is 4.79 Å². The van der Waals surface area contributed by atoms with Gasteiger partial charge in [0, 0.05) is 22.3 Å². The number of carbonyl (C=O) groups excluding carboxylic acids is 1. The maximum Gasteiger partial charge on any atom is 0.330 e. The van der Waals surface area contributed by atoms with Crippen molar-refractivity contribution in [3.8, 4) is 0 Å². The number of aryl methyl sites for hydroxylation is 1. The van der Waals surface area contributed by atoms with E-state index in [1.807, 2.05) is 36.4 Å². The van der Waals surface area contributed by atoms with Gasteiger partial charge in [-0.3, -0.25) is 0 Å². The summed E-state index contributed by atoms with van der Waals surface area (Å²) in [5.74, 6) is -0.407. The van der Waals surface area contributed by atoms with E-state index in [0.717, 1.165) is 32.5 Å². The number of rotatable bonds is 7. The van der Waals surface area contributed by atoms with Gasteiger partial charge >= 0.3 is 5.97 Å². The van der Waals surface area contributed by atoms with Gasteiger partial charge in [-0.1, -0.05) is 67.2 Å². The van der Waals surface area contributed by atoms with Crippen LogP contribution in [0.3, 0.4) is 0 Å². The third-order valence-corrected chi connectivity index (χ3v) is 6.47. The van der Waals surface area contributed by atoms with E-state index in [2.05, 4.69) is 43.0 Å². The summed E-state index contributed by atoms with van der Waals surface area (Å²) in [5, 5.41) is 4.65. The van der Waals surface area contributed by atoms with Gasteiger partial charge in [-0.15, -0.1) is 25.3 Å². The van der Waals surface area contributed by atoms with Crippen molar-refractivity contribution in [2.45, 2.75) is 35.2 Å². The highest BCUT2D eigenvalue weighted by atomic mass is 32.1. The minimum absolute atomic E-state index is 0.297. The Morgan fingerprint density at radius 3 is 2.00 bits per heavy atom. The normalized spacial score (nSPS) is 12.1. The Morgan fingerprint density at radius 1 is 0.839 bits per heavy atom. The molecule has 0 aromatic heterocycles. The summed E-state index contributed by atoms with van der Waals surface area (Å²) in [6.07, 6.45) is 2.94. The molecule has 0 aliphatic carbocycles. The van der Waals surface area contributed by atoms with E-state index >= 15 is 0 Å². The molecule has 0 aliphatic heterocycles. The predicted molar refractivity (Wildman–Crippen MR) is 135 cm³/mol. The first-order valence-electron chi connectivity index (χ1n) is 10.3. The lowest BCUT2D eigenvalue weighted by Gasteiger charge is -2.20. The van der Waals surface area contributed by atoms with Crippen molar-refractivity contribution in [2.75, 3.05) is 0 Å². The van der Waals surface area contributed by atoms with Crippen molar-refractivity contribution >= 4 is 52.8 Å². The SMILES string of the molecule is C=CC(=O)OC(CCc1c(S)ccc2ccccc12)Cc1c(S)ccc2ccccc12. The number of ether oxygens (including phenoxy) is 1. The number of esters is 1. The molecule has 0 amide bonds. The quantitative estimate of drug-likeness (QED) is 0.185. The fourth-order valence-corrected chi connectivity index (χ4v) is 4.67. The molecule has 0 saturated carbocycles. The summed E-state index contributed by atoms with van der Waals surface area (Å²) in [6.45, 7) is 3.56. The van der Waals surface area contributed by atoms with Gasteiger partial charge in [0.15, 0.2) is 0 Å². The lowest BCUT2D eigenvalue weighted by atomic mass is 9.95. The van der Waals surface area contributed by atoms with Crippen molar-refractivity contribution in [1.82, 2.24) is 0 Å². The molecule has 0 spiro atoms. The molecule has 31 heavy (non-hydrogen) atoms. The maximum absolute atomic E-state index is 12.1. The minimum atomic E-state index is -0.407. The Bertz CT molecular complexity index is 1260. The second-order valence-electron chi connectivity index (χ2n) is 7.57. The van der Waals surface area contributed by atoms with Crippen LogP contribution in [0, 0.1) is 0 Å². The summed E-state index contributed by atoms with van der Waals surface area (Å²) in [4.78, 5) is 13.9. The van der Waals surface area contributed by atoms with E-state index in [4.69, 9.17) is 30.0 Å². The molecule has 0 bridgehead atoms. The molecule has 4 rings (SSSR count). The molecule has 0 fully saturated rings. The van der Waals surface area contributed by atoms with Crippen molar-refractivity contribution < 1.29 is 9.53 Å². The average molecular weight is 445 g/mol. The molecule has 1 unspecified atom stereocenters. The molecule has 156 valence electrons. The fourth-order valence-electron chi connectivity index (χ4n) is 4.07. The topological polar surface area (TPSA) is 26.3 Å². The zero-order valence-corrected chi connectivity index (χ0v) is 18.9. The molecule has 0 heterocycles. The van der Waals surface area contributed by atoms with E-state index in [-0.39, 0.29) is 6.10 Å². The number of thiol groups is 2. The molecular weight excluding hydrogens is 420 g/mol. The van der Waals surface area contributed by atoms with E-state index in [1.54, 1.807) is 0 Å². The summed E-state index contributed by atoms with van der Waals surface area (Å²) >= 11 is 9.38. The Kier molecular flexibility index (Phi) is 6.69. The Morgan fingerprint density at radius 2 is 1.39 bits per heavy atom. The van der Waals surface area contributed by atoms with Crippen LogP contribution < -0.4 is 0 Å². The molecule has 2 nitrogen and oxygen atoms in total. The van der Waals surface area contributed by atoms with E-state index < -0.39 is 5.97 Å². The zero-order chi connectivity index (χ0) is 21.8. The highest BCUT2D eigenvalue weighted by Crippen LogP contribution is 2.30. The lowest BCUT2D eigenvalue weighted by molar-refractivity contribution is -0.143. The molecule has 0 saturated heterocycles. The van der Waals surface area contributed by atoms with Crippen LogP contribution in [0.15, 0.2) is 95.2 Å². The van der Waals surface area contributed by atoms with Gasteiger partial charge < -0.3 is 4.74 Å². The third kappa shape index (κ3) is 4.81. The fraction of sp³-hybridized carbons (Fsp3) is 0.148. The second kappa shape index (κ2) is 9.63. The van der Waals surface area contributed by atoms with Gasteiger partial charge in [-0.05, 0) is 57.6 Å². The minimum Gasteiger partial charge on any atom is -0.459 e. The van der Waals surface area contributed by atoms with Crippen LogP contribution in [0.1, 0.15) is 17.5 Å². The summed E-state index contributed by atoms with van der Waals surface area (Å²) in [5.41, 5.74) is 2.26. The molecular formula is C27H24O2S2. The number of hydrogen-bond acceptors (Lipinski definition) is 4. The Balaban J connectivity index is 1.65. The predicted octanol–water partition coefficient (Wildman–Crippen LogP) is 6.84. The third-order valence-electron chi connectivity index (χ3n) is 5.63. The maximum atomic E-state index is 12.1. The van der Waals surface area contributed by atoms with Gasteiger partial charge in [0.2, 0.25) is 0 Å². The molecule has 1 atom stereocenters. The summed E-state index contributed by atoms with van der Waals surface area (Å²) < 4.78 is 5.77. The highest BCUT2D eigenvalue weighted by molar-refractivity contribution is 7.80. The first kappa shape index (κ1) is 21.5. The van der Waals surface area contributed by atoms with Gasteiger partial charge in [-0.2, -0.15) is 0 Å². The van der Waals surface area contributed by atoms with Crippen molar-refractivity contribution in [2.24, 2.45) is 0 Å². The lowest BCUT2D eigenvalue weighted by Crippen LogP contribution is -2.21. The van der Waals surface area contributed by atoms with Crippen LogP contribution in [0.25, 0.3) is 21.5 Å². The van der Waals surface area contributed by atoms with E-state index in [0.29, 0.717) is 12.8 Å². The Hall–Kier alpha value is -2.69. The van der Waals surface area contributed by atoms with Crippen LogP contribution in [0.5, 0.6) is 0 Å². The van der Waals surface area contributed by atoms with Crippen LogP contribution in [0.4, 0.5) is 0 Å².